The zero-order valence-corrected chi connectivity index (χ0v) is 18.8. The summed E-state index contributed by atoms with van der Waals surface area (Å²) in [6, 6.07) is 12.5. The van der Waals surface area contributed by atoms with E-state index in [2.05, 4.69) is 5.32 Å². The lowest BCUT2D eigenvalue weighted by atomic mass is 9.81. The van der Waals surface area contributed by atoms with E-state index in [9.17, 15) is 14.7 Å². The van der Waals surface area contributed by atoms with Gasteiger partial charge in [-0.1, -0.05) is 47.5 Å². The number of carboxylic acid groups (broad SMARTS) is 1. The van der Waals surface area contributed by atoms with Crippen molar-refractivity contribution in [1.29, 1.82) is 0 Å². The standard InChI is InChI=1S/C23H22Cl2N2O4/c1-22(2,21(29)30)13-4-6-14(7-5-13)23(11-31-12-23)26-20(28)18-10-15-17(27(18)3)9-8-16(24)19(15)25/h4-10H,11-12H2,1-3H3,(H,26,28)(H,29,30). The predicted molar refractivity (Wildman–Crippen MR) is 120 cm³/mol. The van der Waals surface area contributed by atoms with Gasteiger partial charge in [0, 0.05) is 18.0 Å². The van der Waals surface area contributed by atoms with Crippen LogP contribution in [-0.2, 0) is 27.5 Å². The number of nitrogens with one attached hydrogen (secondary N) is 1. The summed E-state index contributed by atoms with van der Waals surface area (Å²) < 4.78 is 7.21. The number of rotatable bonds is 5. The number of aliphatic carboxylic acids is 1. The first-order valence-electron chi connectivity index (χ1n) is 9.75. The number of carbonyl (C=O) groups excluding carboxylic acids is 1. The van der Waals surface area contributed by atoms with Gasteiger partial charge in [0.05, 0.1) is 28.7 Å². The molecule has 162 valence electrons. The SMILES string of the molecule is Cn1c(C(=O)NC2(c3ccc(C(C)(C)C(=O)O)cc3)COC2)cc2c(Cl)c(Cl)ccc21. The van der Waals surface area contributed by atoms with Gasteiger partial charge < -0.3 is 19.7 Å². The number of fused-ring (bicyclic) bond motifs is 1. The Morgan fingerprint density at radius 2 is 1.77 bits per heavy atom. The summed E-state index contributed by atoms with van der Waals surface area (Å²) in [5.74, 6) is -1.16. The third-order valence-corrected chi connectivity index (χ3v) is 6.91. The average Bonchev–Trinajstić information content (AvgIpc) is 3.05. The van der Waals surface area contributed by atoms with Gasteiger partial charge in [-0.15, -0.1) is 0 Å². The number of halogens is 2. The maximum Gasteiger partial charge on any atom is 0.313 e. The zero-order valence-electron chi connectivity index (χ0n) is 17.3. The van der Waals surface area contributed by atoms with Crippen LogP contribution < -0.4 is 5.32 Å². The molecular formula is C23H22Cl2N2O4. The lowest BCUT2D eigenvalue weighted by Crippen LogP contribution is -2.59. The highest BCUT2D eigenvalue weighted by atomic mass is 35.5. The molecule has 2 heterocycles. The highest BCUT2D eigenvalue weighted by Crippen LogP contribution is 2.35. The number of hydrogen-bond acceptors (Lipinski definition) is 3. The molecule has 1 aliphatic rings. The van der Waals surface area contributed by atoms with Gasteiger partial charge in [-0.3, -0.25) is 9.59 Å². The molecule has 0 radical (unpaired) electrons. The van der Waals surface area contributed by atoms with Crippen LogP contribution in [0.1, 0.15) is 35.5 Å². The van der Waals surface area contributed by atoms with Gasteiger partial charge in [-0.05, 0) is 43.2 Å². The molecule has 1 amide bonds. The summed E-state index contributed by atoms with van der Waals surface area (Å²) in [5.41, 5.74) is 1.12. The number of aromatic nitrogens is 1. The van der Waals surface area contributed by atoms with Crippen molar-refractivity contribution in [2.75, 3.05) is 13.2 Å². The first-order chi connectivity index (χ1) is 14.6. The second kappa shape index (κ2) is 7.55. The van der Waals surface area contributed by atoms with Crippen molar-refractivity contribution in [3.8, 4) is 0 Å². The van der Waals surface area contributed by atoms with Crippen molar-refractivity contribution in [2.45, 2.75) is 24.8 Å². The highest BCUT2D eigenvalue weighted by molar-refractivity contribution is 6.45. The van der Waals surface area contributed by atoms with E-state index >= 15 is 0 Å². The number of hydrogen-bond donors (Lipinski definition) is 2. The summed E-state index contributed by atoms with van der Waals surface area (Å²) in [4.78, 5) is 24.7. The summed E-state index contributed by atoms with van der Waals surface area (Å²) in [5, 5.41) is 14.1. The van der Waals surface area contributed by atoms with Gasteiger partial charge >= 0.3 is 5.97 Å². The Morgan fingerprint density at radius 3 is 2.32 bits per heavy atom. The van der Waals surface area contributed by atoms with Crippen LogP contribution >= 0.6 is 23.2 Å². The van der Waals surface area contributed by atoms with Crippen LogP contribution in [0.3, 0.4) is 0 Å². The molecule has 1 saturated heterocycles. The van der Waals surface area contributed by atoms with Gasteiger partial charge in [-0.25, -0.2) is 0 Å². The molecule has 0 bridgehead atoms. The molecular weight excluding hydrogens is 439 g/mol. The topological polar surface area (TPSA) is 80.6 Å². The lowest BCUT2D eigenvalue weighted by Gasteiger charge is -2.42. The van der Waals surface area contributed by atoms with E-state index < -0.39 is 16.9 Å². The molecule has 1 aromatic heterocycles. The minimum absolute atomic E-state index is 0.260. The van der Waals surface area contributed by atoms with Crippen LogP contribution in [0, 0.1) is 0 Å². The summed E-state index contributed by atoms with van der Waals surface area (Å²) >= 11 is 12.4. The molecule has 0 spiro atoms. The molecule has 3 aromatic rings. The van der Waals surface area contributed by atoms with Crippen LogP contribution in [-0.4, -0.2) is 34.8 Å². The van der Waals surface area contributed by atoms with E-state index in [-0.39, 0.29) is 5.91 Å². The molecule has 0 atom stereocenters. The summed E-state index contributed by atoms with van der Waals surface area (Å²) in [7, 11) is 1.80. The number of carbonyl (C=O) groups is 2. The van der Waals surface area contributed by atoms with Gasteiger partial charge in [-0.2, -0.15) is 0 Å². The van der Waals surface area contributed by atoms with Crippen LogP contribution in [0.4, 0.5) is 0 Å². The molecule has 0 aliphatic carbocycles. The number of amides is 1. The molecule has 2 aromatic carbocycles. The summed E-state index contributed by atoms with van der Waals surface area (Å²) in [6.45, 7) is 3.98. The fourth-order valence-corrected chi connectivity index (χ4v) is 4.17. The minimum Gasteiger partial charge on any atom is -0.481 e. The molecule has 8 heteroatoms. The Morgan fingerprint density at radius 1 is 1.13 bits per heavy atom. The number of ether oxygens (including phenoxy) is 1. The van der Waals surface area contributed by atoms with Crippen molar-refractivity contribution < 1.29 is 19.4 Å². The first kappa shape index (κ1) is 21.7. The van der Waals surface area contributed by atoms with Gasteiger partial charge in [0.1, 0.15) is 11.2 Å². The first-order valence-corrected chi connectivity index (χ1v) is 10.5. The van der Waals surface area contributed by atoms with Crippen molar-refractivity contribution in [3.63, 3.8) is 0 Å². The van der Waals surface area contributed by atoms with Crippen LogP contribution in [0.2, 0.25) is 10.0 Å². The second-order valence-corrected chi connectivity index (χ2v) is 9.20. The predicted octanol–water partition coefficient (Wildman–Crippen LogP) is 4.50. The second-order valence-electron chi connectivity index (χ2n) is 8.42. The minimum atomic E-state index is -1.01. The molecule has 0 unspecified atom stereocenters. The van der Waals surface area contributed by atoms with Gasteiger partial charge in [0.25, 0.3) is 5.91 Å². The van der Waals surface area contributed by atoms with Crippen LogP contribution in [0.25, 0.3) is 10.9 Å². The Kier molecular flexibility index (Phi) is 5.28. The summed E-state index contributed by atoms with van der Waals surface area (Å²) in [6.07, 6.45) is 0. The van der Waals surface area contributed by atoms with E-state index in [1.807, 2.05) is 18.2 Å². The van der Waals surface area contributed by atoms with Crippen molar-refractivity contribution in [3.05, 3.63) is 69.3 Å². The zero-order chi connectivity index (χ0) is 22.6. The molecule has 2 N–H and O–H groups in total. The number of nitrogens with zero attached hydrogens (tertiary/aromatic N) is 1. The fraction of sp³-hybridized carbons (Fsp3) is 0.304. The third-order valence-electron chi connectivity index (χ3n) is 6.09. The third kappa shape index (κ3) is 3.49. The Hall–Kier alpha value is -2.54. The van der Waals surface area contributed by atoms with E-state index in [1.54, 1.807) is 49.7 Å². The Balaban J connectivity index is 1.64. The quantitative estimate of drug-likeness (QED) is 0.586. The van der Waals surface area contributed by atoms with Crippen molar-refractivity contribution >= 4 is 46.0 Å². The lowest BCUT2D eigenvalue weighted by molar-refractivity contribution is -0.142. The van der Waals surface area contributed by atoms with Crippen LogP contribution in [0.5, 0.6) is 0 Å². The number of benzene rings is 2. The normalized spacial score (nSPS) is 15.5. The van der Waals surface area contributed by atoms with E-state index in [0.29, 0.717) is 39.9 Å². The van der Waals surface area contributed by atoms with Crippen molar-refractivity contribution in [2.24, 2.45) is 7.05 Å². The monoisotopic (exact) mass is 460 g/mol. The van der Waals surface area contributed by atoms with Gasteiger partial charge in [0.15, 0.2) is 0 Å². The maximum atomic E-state index is 13.2. The van der Waals surface area contributed by atoms with Crippen molar-refractivity contribution in [1.82, 2.24) is 9.88 Å². The average molecular weight is 461 g/mol. The number of aryl methyl sites for hydroxylation is 1. The molecule has 1 fully saturated rings. The highest BCUT2D eigenvalue weighted by Gasteiger charge is 2.42. The largest absolute Gasteiger partial charge is 0.481 e. The Labute approximate surface area is 189 Å². The molecule has 4 rings (SSSR count). The molecule has 0 saturated carbocycles. The van der Waals surface area contributed by atoms with E-state index in [1.165, 1.54) is 0 Å². The van der Waals surface area contributed by atoms with Gasteiger partial charge in [0.2, 0.25) is 0 Å². The molecule has 6 nitrogen and oxygen atoms in total. The van der Waals surface area contributed by atoms with E-state index in [0.717, 1.165) is 11.1 Å². The molecule has 1 aliphatic heterocycles. The molecule has 31 heavy (non-hydrogen) atoms. The van der Waals surface area contributed by atoms with E-state index in [4.69, 9.17) is 27.9 Å². The fourth-order valence-electron chi connectivity index (χ4n) is 3.80. The maximum absolute atomic E-state index is 13.2. The smallest absolute Gasteiger partial charge is 0.313 e. The van der Waals surface area contributed by atoms with Crippen LogP contribution in [0.15, 0.2) is 42.5 Å². The Bertz CT molecular complexity index is 1190. The number of carboxylic acids is 1.